The number of aromatic nitrogens is 2. The second-order valence-corrected chi connectivity index (χ2v) is 7.86. The number of rotatable bonds is 6. The fraction of sp³-hybridized carbons (Fsp3) is 0.304. The molecule has 0 aliphatic carbocycles. The molecule has 0 unspecified atom stereocenters. The lowest BCUT2D eigenvalue weighted by Gasteiger charge is -2.16. The van der Waals surface area contributed by atoms with Crippen molar-refractivity contribution in [3.05, 3.63) is 80.7 Å². The Hall–Kier alpha value is -2.59. The Morgan fingerprint density at radius 2 is 1.75 bits per heavy atom. The number of hydrogen-bond acceptors (Lipinski definition) is 3. The molecule has 0 amide bonds. The molecule has 28 heavy (non-hydrogen) atoms. The minimum Gasteiger partial charge on any atom is -0.505 e. The normalized spacial score (nSPS) is 11.2. The summed E-state index contributed by atoms with van der Waals surface area (Å²) in [5.41, 5.74) is 3.24. The summed E-state index contributed by atoms with van der Waals surface area (Å²) >= 11 is 6.27. The zero-order valence-corrected chi connectivity index (χ0v) is 17.2. The molecule has 4 nitrogen and oxygen atoms in total. The Morgan fingerprint density at radius 3 is 2.43 bits per heavy atom. The summed E-state index contributed by atoms with van der Waals surface area (Å²) < 4.78 is 1.48. The van der Waals surface area contributed by atoms with Crippen LogP contribution in [-0.2, 0) is 19.4 Å². The van der Waals surface area contributed by atoms with Crippen LogP contribution in [0.1, 0.15) is 30.7 Å². The van der Waals surface area contributed by atoms with E-state index in [4.69, 9.17) is 11.6 Å². The summed E-state index contributed by atoms with van der Waals surface area (Å²) in [5, 5.41) is 16.1. The summed E-state index contributed by atoms with van der Waals surface area (Å²) in [6.45, 7) is 6.51. The van der Waals surface area contributed by atoms with Crippen LogP contribution in [0, 0.1) is 12.8 Å². The van der Waals surface area contributed by atoms with Gasteiger partial charge in [-0.2, -0.15) is 5.10 Å². The quantitative estimate of drug-likeness (QED) is 0.636. The molecule has 5 heteroatoms. The van der Waals surface area contributed by atoms with E-state index in [1.165, 1.54) is 4.68 Å². The third-order valence-corrected chi connectivity index (χ3v) is 5.11. The second kappa shape index (κ2) is 8.61. The standard InChI is InChI=1S/C23H25ClN2O2/c1-15(2)14-26-23(28)21(18-10-6-4-8-16(18)3)22(27)20(25-26)13-12-17-9-5-7-11-19(17)24/h4-11,15,27H,12-14H2,1-3H3. The first-order chi connectivity index (χ1) is 13.4. The molecule has 1 N–H and O–H groups in total. The van der Waals surface area contributed by atoms with Crippen LogP contribution in [0.4, 0.5) is 0 Å². The number of hydrogen-bond donors (Lipinski definition) is 1. The van der Waals surface area contributed by atoms with Gasteiger partial charge in [0.05, 0.1) is 5.56 Å². The van der Waals surface area contributed by atoms with Gasteiger partial charge in [-0.25, -0.2) is 4.68 Å². The monoisotopic (exact) mass is 396 g/mol. The van der Waals surface area contributed by atoms with Gasteiger partial charge in [0, 0.05) is 11.6 Å². The smallest absolute Gasteiger partial charge is 0.278 e. The van der Waals surface area contributed by atoms with Crippen molar-refractivity contribution >= 4 is 11.6 Å². The number of aryl methyl sites for hydroxylation is 3. The van der Waals surface area contributed by atoms with Crippen molar-refractivity contribution in [3.8, 4) is 16.9 Å². The van der Waals surface area contributed by atoms with Gasteiger partial charge in [-0.3, -0.25) is 4.79 Å². The molecule has 0 spiro atoms. The minimum absolute atomic E-state index is 0.0358. The van der Waals surface area contributed by atoms with Crippen molar-refractivity contribution in [1.82, 2.24) is 9.78 Å². The van der Waals surface area contributed by atoms with E-state index in [0.29, 0.717) is 35.7 Å². The van der Waals surface area contributed by atoms with Crippen LogP contribution >= 0.6 is 11.6 Å². The number of halogens is 1. The molecule has 2 aromatic carbocycles. The van der Waals surface area contributed by atoms with E-state index in [0.717, 1.165) is 16.7 Å². The fourth-order valence-electron chi connectivity index (χ4n) is 3.30. The molecule has 0 aliphatic rings. The molecular weight excluding hydrogens is 372 g/mol. The van der Waals surface area contributed by atoms with Gasteiger partial charge in [0.1, 0.15) is 5.69 Å². The maximum atomic E-state index is 13.1. The highest BCUT2D eigenvalue weighted by Crippen LogP contribution is 2.31. The third kappa shape index (κ3) is 4.28. The van der Waals surface area contributed by atoms with E-state index in [2.05, 4.69) is 5.10 Å². The Kier molecular flexibility index (Phi) is 6.20. The van der Waals surface area contributed by atoms with Crippen molar-refractivity contribution < 1.29 is 5.11 Å². The molecule has 3 aromatic rings. The second-order valence-electron chi connectivity index (χ2n) is 7.46. The first-order valence-corrected chi connectivity index (χ1v) is 9.88. The van der Waals surface area contributed by atoms with Gasteiger partial charge in [0.25, 0.3) is 5.56 Å². The highest BCUT2D eigenvalue weighted by Gasteiger charge is 2.20. The van der Waals surface area contributed by atoms with Crippen molar-refractivity contribution in [2.75, 3.05) is 0 Å². The Labute approximate surface area is 170 Å². The van der Waals surface area contributed by atoms with Crippen molar-refractivity contribution in [1.29, 1.82) is 0 Å². The largest absolute Gasteiger partial charge is 0.505 e. The van der Waals surface area contributed by atoms with Crippen molar-refractivity contribution in [3.63, 3.8) is 0 Å². The molecule has 0 atom stereocenters. The SMILES string of the molecule is Cc1ccccc1-c1c(O)c(CCc2ccccc2Cl)nn(CC(C)C)c1=O. The highest BCUT2D eigenvalue weighted by atomic mass is 35.5. The van der Waals surface area contributed by atoms with Crippen LogP contribution in [0.15, 0.2) is 53.3 Å². The first-order valence-electron chi connectivity index (χ1n) is 9.50. The van der Waals surface area contributed by atoms with Gasteiger partial charge in [0.2, 0.25) is 0 Å². The van der Waals surface area contributed by atoms with E-state index < -0.39 is 0 Å². The number of aromatic hydroxyl groups is 1. The summed E-state index contributed by atoms with van der Waals surface area (Å²) in [6, 6.07) is 15.2. The summed E-state index contributed by atoms with van der Waals surface area (Å²) in [7, 11) is 0. The van der Waals surface area contributed by atoms with Crippen LogP contribution in [0.5, 0.6) is 5.75 Å². The highest BCUT2D eigenvalue weighted by molar-refractivity contribution is 6.31. The van der Waals surface area contributed by atoms with Crippen LogP contribution < -0.4 is 5.56 Å². The van der Waals surface area contributed by atoms with E-state index in [1.807, 2.05) is 69.3 Å². The predicted molar refractivity (Wildman–Crippen MR) is 114 cm³/mol. The molecule has 0 fully saturated rings. The van der Waals surface area contributed by atoms with Crippen molar-refractivity contribution in [2.24, 2.45) is 5.92 Å². The average molecular weight is 397 g/mol. The van der Waals surface area contributed by atoms with E-state index >= 15 is 0 Å². The number of nitrogens with zero attached hydrogens (tertiary/aromatic N) is 2. The fourth-order valence-corrected chi connectivity index (χ4v) is 3.53. The zero-order valence-electron chi connectivity index (χ0n) is 16.4. The maximum absolute atomic E-state index is 13.1. The molecule has 0 saturated carbocycles. The molecule has 1 aromatic heterocycles. The maximum Gasteiger partial charge on any atom is 0.278 e. The van der Waals surface area contributed by atoms with Crippen LogP contribution in [0.2, 0.25) is 5.02 Å². The molecule has 1 heterocycles. The Morgan fingerprint density at radius 1 is 1.07 bits per heavy atom. The summed E-state index contributed by atoms with van der Waals surface area (Å²) in [4.78, 5) is 13.1. The summed E-state index contributed by atoms with van der Waals surface area (Å²) in [5.74, 6) is 0.224. The molecule has 0 saturated heterocycles. The molecule has 3 rings (SSSR count). The Bertz CT molecular complexity index is 1040. The molecular formula is C23H25ClN2O2. The molecule has 0 radical (unpaired) electrons. The van der Waals surface area contributed by atoms with Gasteiger partial charge in [-0.1, -0.05) is 67.9 Å². The van der Waals surface area contributed by atoms with Gasteiger partial charge >= 0.3 is 0 Å². The molecule has 146 valence electrons. The van der Waals surface area contributed by atoms with Gasteiger partial charge in [0.15, 0.2) is 5.75 Å². The first kappa shape index (κ1) is 20.2. The van der Waals surface area contributed by atoms with Crippen molar-refractivity contribution in [2.45, 2.75) is 40.2 Å². The van der Waals surface area contributed by atoms with Crippen LogP contribution in [0.25, 0.3) is 11.1 Å². The molecule has 0 aliphatic heterocycles. The average Bonchev–Trinajstić information content (AvgIpc) is 2.65. The lowest BCUT2D eigenvalue weighted by molar-refractivity contribution is 0.425. The number of benzene rings is 2. The Balaban J connectivity index is 2.09. The van der Waals surface area contributed by atoms with Gasteiger partial charge < -0.3 is 5.11 Å². The van der Waals surface area contributed by atoms with Crippen LogP contribution in [-0.4, -0.2) is 14.9 Å². The lowest BCUT2D eigenvalue weighted by atomic mass is 9.99. The minimum atomic E-state index is -0.262. The predicted octanol–water partition coefficient (Wildman–Crippen LogP) is 5.02. The summed E-state index contributed by atoms with van der Waals surface area (Å²) in [6.07, 6.45) is 1.13. The van der Waals surface area contributed by atoms with Gasteiger partial charge in [-0.15, -0.1) is 0 Å². The van der Waals surface area contributed by atoms with E-state index in [-0.39, 0.29) is 17.2 Å². The lowest BCUT2D eigenvalue weighted by Crippen LogP contribution is -2.28. The van der Waals surface area contributed by atoms with E-state index in [9.17, 15) is 9.90 Å². The molecule has 0 bridgehead atoms. The van der Waals surface area contributed by atoms with Crippen LogP contribution in [0.3, 0.4) is 0 Å². The third-order valence-electron chi connectivity index (χ3n) is 4.74. The van der Waals surface area contributed by atoms with Gasteiger partial charge in [-0.05, 0) is 48.4 Å². The zero-order chi connectivity index (χ0) is 20.3. The van der Waals surface area contributed by atoms with E-state index in [1.54, 1.807) is 0 Å². The topological polar surface area (TPSA) is 55.1 Å².